The molecule has 0 radical (unpaired) electrons. The molecule has 26 heavy (non-hydrogen) atoms. The summed E-state index contributed by atoms with van der Waals surface area (Å²) < 4.78 is 13.3. The largest absolute Gasteiger partial charge is 0.339 e. The van der Waals surface area contributed by atoms with Crippen LogP contribution in [0.4, 0.5) is 4.39 Å². The van der Waals surface area contributed by atoms with Crippen molar-refractivity contribution < 1.29 is 9.18 Å². The Morgan fingerprint density at radius 3 is 2.38 bits per heavy atom. The molecule has 0 bridgehead atoms. The van der Waals surface area contributed by atoms with Crippen LogP contribution in [-0.4, -0.2) is 42.4 Å². The molecule has 1 amide bonds. The van der Waals surface area contributed by atoms with Crippen molar-refractivity contribution in [3.8, 4) is 0 Å². The Hall–Kier alpha value is -2.20. The minimum atomic E-state index is -0.250. The van der Waals surface area contributed by atoms with Crippen LogP contribution in [-0.2, 0) is 4.79 Å². The molecule has 1 saturated heterocycles. The molecule has 1 heterocycles. The molecule has 4 rings (SSSR count). The van der Waals surface area contributed by atoms with E-state index in [1.54, 1.807) is 12.1 Å². The molecule has 2 fully saturated rings. The van der Waals surface area contributed by atoms with E-state index >= 15 is 0 Å². The fraction of sp³-hybridized carbons (Fsp3) is 0.409. The maximum atomic E-state index is 13.4. The molecule has 1 saturated carbocycles. The van der Waals surface area contributed by atoms with Crippen molar-refractivity contribution in [2.45, 2.75) is 24.8 Å². The normalized spacial score (nSPS) is 22.2. The average molecular weight is 352 g/mol. The zero-order chi connectivity index (χ0) is 18.1. The van der Waals surface area contributed by atoms with Crippen molar-refractivity contribution in [1.29, 1.82) is 0 Å². The van der Waals surface area contributed by atoms with Gasteiger partial charge in [-0.25, -0.2) is 4.39 Å². The summed E-state index contributed by atoms with van der Waals surface area (Å²) >= 11 is 0. The first-order valence-corrected chi connectivity index (χ1v) is 9.43. The summed E-state index contributed by atoms with van der Waals surface area (Å²) in [6, 6.07) is 17.1. The highest BCUT2D eigenvalue weighted by molar-refractivity contribution is 5.84. The number of carbonyl (C=O) groups is 1. The molecule has 2 unspecified atom stereocenters. The number of amides is 1. The third-order valence-electron chi connectivity index (χ3n) is 5.73. The van der Waals surface area contributed by atoms with Crippen molar-refractivity contribution in [1.82, 2.24) is 9.80 Å². The molecule has 4 heteroatoms. The fourth-order valence-corrected chi connectivity index (χ4v) is 4.02. The smallest absolute Gasteiger partial charge is 0.230 e. The van der Waals surface area contributed by atoms with E-state index in [1.807, 2.05) is 11.0 Å². The summed E-state index contributed by atoms with van der Waals surface area (Å²) in [7, 11) is 2.12. The summed E-state index contributed by atoms with van der Waals surface area (Å²) in [6.07, 6.45) is 2.17. The average Bonchev–Trinajstić information content (AvgIpc) is 3.49. The summed E-state index contributed by atoms with van der Waals surface area (Å²) in [5.41, 5.74) is 2.20. The molecule has 136 valence electrons. The lowest BCUT2D eigenvalue weighted by Gasteiger charge is -2.41. The van der Waals surface area contributed by atoms with Gasteiger partial charge < -0.3 is 4.90 Å². The van der Waals surface area contributed by atoms with E-state index in [0.717, 1.165) is 31.5 Å². The van der Waals surface area contributed by atoms with E-state index in [0.29, 0.717) is 12.5 Å². The Kier molecular flexibility index (Phi) is 4.77. The quantitative estimate of drug-likeness (QED) is 0.835. The molecule has 0 aromatic heterocycles. The van der Waals surface area contributed by atoms with Crippen molar-refractivity contribution in [3.05, 3.63) is 71.5 Å². The first-order valence-electron chi connectivity index (χ1n) is 9.43. The van der Waals surface area contributed by atoms with Gasteiger partial charge in [0.2, 0.25) is 5.91 Å². The number of hydrogen-bond acceptors (Lipinski definition) is 2. The highest BCUT2D eigenvalue weighted by Gasteiger charge is 2.41. The van der Waals surface area contributed by atoms with E-state index in [4.69, 9.17) is 0 Å². The van der Waals surface area contributed by atoms with E-state index < -0.39 is 0 Å². The zero-order valence-electron chi connectivity index (χ0n) is 15.1. The topological polar surface area (TPSA) is 23.6 Å². The number of nitrogens with zero attached hydrogens (tertiary/aromatic N) is 2. The Morgan fingerprint density at radius 1 is 1.04 bits per heavy atom. The second-order valence-electron chi connectivity index (χ2n) is 7.56. The fourth-order valence-electron chi connectivity index (χ4n) is 4.02. The van der Waals surface area contributed by atoms with Gasteiger partial charge in [-0.2, -0.15) is 0 Å². The van der Waals surface area contributed by atoms with Gasteiger partial charge in [-0.05, 0) is 49.1 Å². The number of rotatable bonds is 4. The molecular formula is C22H25FN2O. The van der Waals surface area contributed by atoms with Gasteiger partial charge in [0.1, 0.15) is 5.82 Å². The standard InChI is InChI=1S/C22H25FN2O/c1-24-13-14-25(15-20(24)16-5-3-2-4-6-16)22(26)21(17-7-8-17)18-9-11-19(23)12-10-18/h2-6,9-12,17,20-21H,7-8,13-15H2,1H3. The number of carbonyl (C=O) groups excluding carboxylic acids is 1. The Morgan fingerprint density at radius 2 is 1.73 bits per heavy atom. The van der Waals surface area contributed by atoms with Gasteiger partial charge in [-0.15, -0.1) is 0 Å². The van der Waals surface area contributed by atoms with E-state index in [-0.39, 0.29) is 23.7 Å². The van der Waals surface area contributed by atoms with Gasteiger partial charge in [-0.3, -0.25) is 9.69 Å². The van der Waals surface area contributed by atoms with Crippen LogP contribution < -0.4 is 0 Å². The SMILES string of the molecule is CN1CCN(C(=O)C(c2ccc(F)cc2)C2CC2)CC1c1ccccc1. The lowest BCUT2D eigenvalue weighted by atomic mass is 9.91. The summed E-state index contributed by atoms with van der Waals surface area (Å²) in [4.78, 5) is 17.7. The molecule has 1 aliphatic heterocycles. The first-order chi connectivity index (χ1) is 12.6. The lowest BCUT2D eigenvalue weighted by molar-refractivity contribution is -0.136. The maximum Gasteiger partial charge on any atom is 0.230 e. The summed E-state index contributed by atoms with van der Waals surface area (Å²) in [5.74, 6) is 0.228. The first kappa shape index (κ1) is 17.2. The van der Waals surface area contributed by atoms with E-state index in [1.165, 1.54) is 17.7 Å². The van der Waals surface area contributed by atoms with Crippen LogP contribution in [0.3, 0.4) is 0 Å². The van der Waals surface area contributed by atoms with Crippen molar-refractivity contribution in [3.63, 3.8) is 0 Å². The molecule has 2 aromatic carbocycles. The maximum absolute atomic E-state index is 13.4. The van der Waals surface area contributed by atoms with Crippen LogP contribution in [0.25, 0.3) is 0 Å². The molecule has 0 spiro atoms. The minimum Gasteiger partial charge on any atom is -0.339 e. The number of likely N-dealkylation sites (N-methyl/N-ethyl adjacent to an activating group) is 1. The molecule has 3 nitrogen and oxygen atoms in total. The van der Waals surface area contributed by atoms with Gasteiger partial charge in [0.25, 0.3) is 0 Å². The second-order valence-corrected chi connectivity index (χ2v) is 7.56. The number of hydrogen-bond donors (Lipinski definition) is 0. The zero-order valence-corrected chi connectivity index (χ0v) is 15.1. The monoisotopic (exact) mass is 352 g/mol. The number of benzene rings is 2. The van der Waals surface area contributed by atoms with Gasteiger partial charge in [0.15, 0.2) is 0 Å². The van der Waals surface area contributed by atoms with Gasteiger partial charge >= 0.3 is 0 Å². The Bertz CT molecular complexity index is 757. The van der Waals surface area contributed by atoms with Crippen LogP contribution in [0.5, 0.6) is 0 Å². The van der Waals surface area contributed by atoms with Crippen molar-refractivity contribution >= 4 is 5.91 Å². The Balaban J connectivity index is 1.55. The minimum absolute atomic E-state index is 0.129. The summed E-state index contributed by atoms with van der Waals surface area (Å²) in [6.45, 7) is 2.33. The van der Waals surface area contributed by atoms with Gasteiger partial charge in [-0.1, -0.05) is 42.5 Å². The van der Waals surface area contributed by atoms with E-state index in [2.05, 4.69) is 36.2 Å². The molecular weight excluding hydrogens is 327 g/mol. The van der Waals surface area contributed by atoms with Crippen LogP contribution in [0.2, 0.25) is 0 Å². The van der Waals surface area contributed by atoms with Crippen LogP contribution in [0.15, 0.2) is 54.6 Å². The molecule has 1 aliphatic carbocycles. The third-order valence-corrected chi connectivity index (χ3v) is 5.73. The van der Waals surface area contributed by atoms with Crippen LogP contribution >= 0.6 is 0 Å². The lowest BCUT2D eigenvalue weighted by Crippen LogP contribution is -2.50. The predicted octanol–water partition coefficient (Wildman–Crippen LogP) is 3.83. The molecule has 0 N–H and O–H groups in total. The molecule has 2 aliphatic rings. The Labute approximate surface area is 154 Å². The number of piperazine rings is 1. The van der Waals surface area contributed by atoms with Crippen molar-refractivity contribution in [2.24, 2.45) is 5.92 Å². The van der Waals surface area contributed by atoms with E-state index in [9.17, 15) is 9.18 Å². The van der Waals surface area contributed by atoms with Crippen LogP contribution in [0.1, 0.15) is 35.9 Å². The molecule has 2 aromatic rings. The molecule has 2 atom stereocenters. The highest BCUT2D eigenvalue weighted by Crippen LogP contribution is 2.44. The summed E-state index contributed by atoms with van der Waals surface area (Å²) in [5, 5.41) is 0. The second kappa shape index (κ2) is 7.20. The third kappa shape index (κ3) is 3.51. The van der Waals surface area contributed by atoms with Crippen molar-refractivity contribution in [2.75, 3.05) is 26.7 Å². The number of halogens is 1. The highest BCUT2D eigenvalue weighted by atomic mass is 19.1. The predicted molar refractivity (Wildman–Crippen MR) is 100 cm³/mol. The van der Waals surface area contributed by atoms with Crippen LogP contribution in [0, 0.1) is 11.7 Å². The van der Waals surface area contributed by atoms with Gasteiger partial charge in [0.05, 0.1) is 12.0 Å². The van der Waals surface area contributed by atoms with Gasteiger partial charge in [0, 0.05) is 19.6 Å².